The number of nitrogens with zero attached hydrogens (tertiary/aromatic N) is 1. The SMILES string of the molecule is CC(c1ccccc1)N(C)C(=O)CCCc1c[nH]c2ccccc12. The maximum atomic E-state index is 12.5. The zero-order valence-corrected chi connectivity index (χ0v) is 14.3. The van der Waals surface area contributed by atoms with Gasteiger partial charge in [-0.3, -0.25) is 4.79 Å². The van der Waals surface area contributed by atoms with Crippen molar-refractivity contribution in [1.82, 2.24) is 9.88 Å². The van der Waals surface area contributed by atoms with E-state index in [1.165, 1.54) is 16.5 Å². The van der Waals surface area contributed by atoms with E-state index >= 15 is 0 Å². The van der Waals surface area contributed by atoms with Crippen molar-refractivity contribution in [3.63, 3.8) is 0 Å². The fraction of sp³-hybridized carbons (Fsp3) is 0.286. The maximum absolute atomic E-state index is 12.5. The fourth-order valence-electron chi connectivity index (χ4n) is 3.12. The molecular weight excluding hydrogens is 296 g/mol. The highest BCUT2D eigenvalue weighted by Crippen LogP contribution is 2.21. The van der Waals surface area contributed by atoms with Crippen LogP contribution in [0.25, 0.3) is 10.9 Å². The molecule has 1 aromatic heterocycles. The molecule has 0 fully saturated rings. The van der Waals surface area contributed by atoms with Gasteiger partial charge in [-0.15, -0.1) is 0 Å². The van der Waals surface area contributed by atoms with Gasteiger partial charge >= 0.3 is 0 Å². The summed E-state index contributed by atoms with van der Waals surface area (Å²) in [7, 11) is 1.89. The lowest BCUT2D eigenvalue weighted by molar-refractivity contribution is -0.131. The molecule has 24 heavy (non-hydrogen) atoms. The van der Waals surface area contributed by atoms with E-state index in [1.807, 2.05) is 36.2 Å². The van der Waals surface area contributed by atoms with Gasteiger partial charge in [0.15, 0.2) is 0 Å². The largest absolute Gasteiger partial charge is 0.361 e. The molecule has 3 nitrogen and oxygen atoms in total. The molecule has 124 valence electrons. The van der Waals surface area contributed by atoms with Gasteiger partial charge in [-0.05, 0) is 37.0 Å². The van der Waals surface area contributed by atoms with Gasteiger partial charge < -0.3 is 9.88 Å². The van der Waals surface area contributed by atoms with Gasteiger partial charge in [0.2, 0.25) is 5.91 Å². The number of aryl methyl sites for hydroxylation is 1. The fourth-order valence-corrected chi connectivity index (χ4v) is 3.12. The van der Waals surface area contributed by atoms with Crippen LogP contribution < -0.4 is 0 Å². The lowest BCUT2D eigenvalue weighted by Crippen LogP contribution is -2.29. The van der Waals surface area contributed by atoms with E-state index in [2.05, 4.69) is 48.4 Å². The molecule has 0 aliphatic heterocycles. The van der Waals surface area contributed by atoms with E-state index in [4.69, 9.17) is 0 Å². The summed E-state index contributed by atoms with van der Waals surface area (Å²) < 4.78 is 0. The number of hydrogen-bond donors (Lipinski definition) is 1. The van der Waals surface area contributed by atoms with Crippen LogP contribution in [0.1, 0.15) is 36.9 Å². The molecule has 3 heteroatoms. The van der Waals surface area contributed by atoms with E-state index in [0.717, 1.165) is 18.4 Å². The Kier molecular flexibility index (Phi) is 4.99. The second-order valence-electron chi connectivity index (χ2n) is 6.30. The maximum Gasteiger partial charge on any atom is 0.222 e. The zero-order chi connectivity index (χ0) is 16.9. The number of H-pyrrole nitrogens is 1. The molecule has 0 spiro atoms. The van der Waals surface area contributed by atoms with Gasteiger partial charge in [0.1, 0.15) is 0 Å². The number of carbonyl (C=O) groups excluding carboxylic acids is 1. The topological polar surface area (TPSA) is 36.1 Å². The summed E-state index contributed by atoms with van der Waals surface area (Å²) in [5, 5.41) is 1.26. The predicted molar refractivity (Wildman–Crippen MR) is 98.9 cm³/mol. The Labute approximate surface area is 143 Å². The molecule has 0 saturated heterocycles. The molecule has 2 aromatic carbocycles. The summed E-state index contributed by atoms with van der Waals surface area (Å²) in [6, 6.07) is 18.6. The quantitative estimate of drug-likeness (QED) is 0.701. The summed E-state index contributed by atoms with van der Waals surface area (Å²) >= 11 is 0. The van der Waals surface area contributed by atoms with Crippen molar-refractivity contribution in [2.24, 2.45) is 0 Å². The average molecular weight is 320 g/mol. The van der Waals surface area contributed by atoms with Crippen LogP contribution in [0.3, 0.4) is 0 Å². The Morgan fingerprint density at radius 2 is 1.79 bits per heavy atom. The minimum atomic E-state index is 0.104. The Morgan fingerprint density at radius 1 is 1.08 bits per heavy atom. The van der Waals surface area contributed by atoms with Crippen LogP contribution in [-0.2, 0) is 11.2 Å². The number of aromatic nitrogens is 1. The molecule has 0 radical (unpaired) electrons. The first-order valence-corrected chi connectivity index (χ1v) is 8.52. The zero-order valence-electron chi connectivity index (χ0n) is 14.3. The molecule has 1 amide bonds. The molecule has 1 N–H and O–H groups in total. The molecule has 0 aliphatic carbocycles. The average Bonchev–Trinajstić information content (AvgIpc) is 3.04. The molecule has 1 unspecified atom stereocenters. The minimum Gasteiger partial charge on any atom is -0.361 e. The number of para-hydroxylation sites is 1. The van der Waals surface area contributed by atoms with E-state index in [1.54, 1.807) is 0 Å². The molecule has 0 aliphatic rings. The molecule has 1 heterocycles. The highest BCUT2D eigenvalue weighted by atomic mass is 16.2. The first-order valence-electron chi connectivity index (χ1n) is 8.52. The lowest BCUT2D eigenvalue weighted by Gasteiger charge is -2.25. The normalized spacial score (nSPS) is 12.2. The van der Waals surface area contributed by atoms with Crippen LogP contribution >= 0.6 is 0 Å². The third-order valence-electron chi connectivity index (χ3n) is 4.77. The molecule has 0 saturated carbocycles. The lowest BCUT2D eigenvalue weighted by atomic mass is 10.0. The summed E-state index contributed by atoms with van der Waals surface area (Å²) in [4.78, 5) is 17.6. The number of fused-ring (bicyclic) bond motifs is 1. The first-order chi connectivity index (χ1) is 11.7. The van der Waals surface area contributed by atoms with E-state index in [9.17, 15) is 4.79 Å². The van der Waals surface area contributed by atoms with Crippen molar-refractivity contribution in [3.05, 3.63) is 71.9 Å². The number of benzene rings is 2. The highest BCUT2D eigenvalue weighted by molar-refractivity contribution is 5.83. The molecule has 0 bridgehead atoms. The smallest absolute Gasteiger partial charge is 0.222 e. The van der Waals surface area contributed by atoms with Crippen LogP contribution in [0.15, 0.2) is 60.8 Å². The van der Waals surface area contributed by atoms with Crippen LogP contribution in [-0.4, -0.2) is 22.8 Å². The molecular formula is C21H24N2O. The third kappa shape index (κ3) is 3.51. The second-order valence-corrected chi connectivity index (χ2v) is 6.30. The van der Waals surface area contributed by atoms with Gasteiger partial charge in [0.05, 0.1) is 6.04 Å². The molecule has 3 aromatic rings. The van der Waals surface area contributed by atoms with E-state index in [-0.39, 0.29) is 11.9 Å². The van der Waals surface area contributed by atoms with E-state index < -0.39 is 0 Å². The monoisotopic (exact) mass is 320 g/mol. The number of hydrogen-bond acceptors (Lipinski definition) is 1. The second kappa shape index (κ2) is 7.35. The highest BCUT2D eigenvalue weighted by Gasteiger charge is 2.16. The predicted octanol–water partition coefficient (Wildman–Crippen LogP) is 4.71. The van der Waals surface area contributed by atoms with Crippen molar-refractivity contribution in [1.29, 1.82) is 0 Å². The Balaban J connectivity index is 1.55. The summed E-state index contributed by atoms with van der Waals surface area (Å²) in [6.45, 7) is 2.08. The van der Waals surface area contributed by atoms with E-state index in [0.29, 0.717) is 6.42 Å². The van der Waals surface area contributed by atoms with Crippen LogP contribution in [0, 0.1) is 0 Å². The number of nitrogens with one attached hydrogen (secondary N) is 1. The number of carbonyl (C=O) groups is 1. The molecule has 1 atom stereocenters. The van der Waals surface area contributed by atoms with Crippen molar-refractivity contribution >= 4 is 16.8 Å². The summed E-state index contributed by atoms with van der Waals surface area (Å²) in [5.41, 5.74) is 3.62. The van der Waals surface area contributed by atoms with Crippen molar-refractivity contribution < 1.29 is 4.79 Å². The first kappa shape index (κ1) is 16.3. The van der Waals surface area contributed by atoms with Crippen LogP contribution in [0.5, 0.6) is 0 Å². The van der Waals surface area contributed by atoms with Crippen LogP contribution in [0.4, 0.5) is 0 Å². The van der Waals surface area contributed by atoms with Gasteiger partial charge in [-0.2, -0.15) is 0 Å². The van der Waals surface area contributed by atoms with Gasteiger partial charge in [0.25, 0.3) is 0 Å². The Morgan fingerprint density at radius 3 is 2.58 bits per heavy atom. The summed E-state index contributed by atoms with van der Waals surface area (Å²) in [5.74, 6) is 0.200. The number of rotatable bonds is 6. The van der Waals surface area contributed by atoms with Crippen molar-refractivity contribution in [3.8, 4) is 0 Å². The van der Waals surface area contributed by atoms with Gasteiger partial charge in [-0.1, -0.05) is 48.5 Å². The van der Waals surface area contributed by atoms with Crippen molar-refractivity contribution in [2.45, 2.75) is 32.2 Å². The Bertz CT molecular complexity index is 807. The molecule has 3 rings (SSSR count). The van der Waals surface area contributed by atoms with Crippen molar-refractivity contribution in [2.75, 3.05) is 7.05 Å². The van der Waals surface area contributed by atoms with Crippen LogP contribution in [0.2, 0.25) is 0 Å². The van der Waals surface area contributed by atoms with Gasteiger partial charge in [-0.25, -0.2) is 0 Å². The summed E-state index contributed by atoms with van der Waals surface area (Å²) in [6.07, 6.45) is 4.43. The standard InChI is InChI=1S/C21H24N2O/c1-16(17-9-4-3-5-10-17)23(2)21(24)14-8-11-18-15-22-20-13-7-6-12-19(18)20/h3-7,9-10,12-13,15-16,22H,8,11,14H2,1-2H3. The third-order valence-corrected chi connectivity index (χ3v) is 4.77. The number of amides is 1. The van der Waals surface area contributed by atoms with Gasteiger partial charge in [0, 0.05) is 30.6 Å². The Hall–Kier alpha value is -2.55. The minimum absolute atomic E-state index is 0.104. The number of aromatic amines is 1.